The Bertz CT molecular complexity index is 452. The van der Waals surface area contributed by atoms with Crippen LogP contribution in [0.4, 0.5) is 0 Å². The van der Waals surface area contributed by atoms with Gasteiger partial charge < -0.3 is 16.0 Å². The van der Waals surface area contributed by atoms with E-state index in [9.17, 15) is 9.59 Å². The molecule has 0 aromatic carbocycles. The zero-order valence-electron chi connectivity index (χ0n) is 11.4. The number of piperazine rings is 1. The summed E-state index contributed by atoms with van der Waals surface area (Å²) in [6.45, 7) is 3.00. The molecule has 1 aromatic heterocycles. The molecule has 20 heavy (non-hydrogen) atoms. The maximum atomic E-state index is 12.4. The van der Waals surface area contributed by atoms with Crippen LogP contribution in [0, 0.1) is 0 Å². The predicted molar refractivity (Wildman–Crippen MR) is 81.9 cm³/mol. The largest absolute Gasteiger partial charge is 0.352 e. The Balaban J connectivity index is 0.00000200. The number of carbonyl (C=O) groups excluding carboxylic acids is 2. The van der Waals surface area contributed by atoms with Crippen LogP contribution in [0.2, 0.25) is 0 Å². The molecule has 5 nitrogen and oxygen atoms in total. The van der Waals surface area contributed by atoms with Crippen molar-refractivity contribution < 1.29 is 9.59 Å². The second-order valence-electron chi connectivity index (χ2n) is 4.64. The van der Waals surface area contributed by atoms with Gasteiger partial charge >= 0.3 is 0 Å². The Kier molecular flexibility index (Phi) is 6.45. The van der Waals surface area contributed by atoms with Crippen molar-refractivity contribution in [3.63, 3.8) is 0 Å². The number of amides is 2. The highest BCUT2D eigenvalue weighted by molar-refractivity contribution is 7.10. The lowest BCUT2D eigenvalue weighted by molar-refractivity contribution is -0.144. The number of carbonyl (C=O) groups is 2. The topological polar surface area (TPSA) is 75.4 Å². The first-order valence-electron chi connectivity index (χ1n) is 6.52. The second kappa shape index (κ2) is 7.61. The molecule has 0 spiro atoms. The summed E-state index contributed by atoms with van der Waals surface area (Å²) in [4.78, 5) is 26.9. The molecule has 0 bridgehead atoms. The zero-order chi connectivity index (χ0) is 13.8. The molecule has 2 heterocycles. The number of thiophene rings is 1. The number of halogens is 1. The van der Waals surface area contributed by atoms with Gasteiger partial charge in [0.1, 0.15) is 6.04 Å². The van der Waals surface area contributed by atoms with E-state index in [2.05, 4.69) is 5.32 Å². The van der Waals surface area contributed by atoms with E-state index in [1.165, 1.54) is 11.3 Å². The van der Waals surface area contributed by atoms with Crippen LogP contribution in [0.15, 0.2) is 17.5 Å². The van der Waals surface area contributed by atoms with Crippen molar-refractivity contribution in [2.24, 2.45) is 5.73 Å². The molecule has 2 unspecified atom stereocenters. The summed E-state index contributed by atoms with van der Waals surface area (Å²) < 4.78 is 0. The molecule has 2 rings (SSSR count). The summed E-state index contributed by atoms with van der Waals surface area (Å²) in [5.74, 6) is -0.249. The van der Waals surface area contributed by atoms with Crippen molar-refractivity contribution in [3.05, 3.63) is 22.4 Å². The highest BCUT2D eigenvalue weighted by Gasteiger charge is 2.36. The maximum Gasteiger partial charge on any atom is 0.248 e. The van der Waals surface area contributed by atoms with Crippen molar-refractivity contribution in [1.29, 1.82) is 0 Å². The van der Waals surface area contributed by atoms with E-state index in [0.717, 1.165) is 11.3 Å². The lowest BCUT2D eigenvalue weighted by Crippen LogP contribution is -2.55. The lowest BCUT2D eigenvalue weighted by atomic mass is 10.1. The van der Waals surface area contributed by atoms with Crippen LogP contribution in [-0.4, -0.2) is 35.8 Å². The molecule has 0 radical (unpaired) electrons. The van der Waals surface area contributed by atoms with Gasteiger partial charge in [-0.1, -0.05) is 19.4 Å². The van der Waals surface area contributed by atoms with Gasteiger partial charge in [0, 0.05) is 18.0 Å². The minimum atomic E-state index is -0.524. The van der Waals surface area contributed by atoms with Crippen molar-refractivity contribution >= 4 is 35.6 Å². The highest BCUT2D eigenvalue weighted by Crippen LogP contribution is 2.27. The Hall–Kier alpha value is -1.11. The predicted octanol–water partition coefficient (Wildman–Crippen LogP) is 1.30. The molecule has 0 aliphatic carbocycles. The van der Waals surface area contributed by atoms with Gasteiger partial charge in [0.25, 0.3) is 0 Å². The third-order valence-electron chi connectivity index (χ3n) is 3.22. The minimum Gasteiger partial charge on any atom is -0.352 e. The minimum absolute atomic E-state index is 0. The molecule has 3 N–H and O–H groups in total. The summed E-state index contributed by atoms with van der Waals surface area (Å²) >= 11 is 1.48. The summed E-state index contributed by atoms with van der Waals surface area (Å²) in [6, 6.07) is 2.73. The molecule has 2 atom stereocenters. The van der Waals surface area contributed by atoms with E-state index >= 15 is 0 Å². The average Bonchev–Trinajstić information content (AvgIpc) is 2.91. The number of nitrogens with one attached hydrogen (secondary N) is 1. The second-order valence-corrected chi connectivity index (χ2v) is 5.62. The monoisotopic (exact) mass is 317 g/mol. The summed E-state index contributed by atoms with van der Waals surface area (Å²) in [6.07, 6.45) is 1.50. The van der Waals surface area contributed by atoms with Gasteiger partial charge in [-0.2, -0.15) is 0 Å². The van der Waals surface area contributed by atoms with Gasteiger partial charge in [-0.3, -0.25) is 9.59 Å². The number of nitrogens with two attached hydrogens (primary N) is 1. The van der Waals surface area contributed by atoms with Crippen molar-refractivity contribution in [3.8, 4) is 0 Å². The number of rotatable bonds is 4. The van der Waals surface area contributed by atoms with E-state index in [1.54, 1.807) is 4.90 Å². The van der Waals surface area contributed by atoms with Gasteiger partial charge in [0.05, 0.1) is 6.04 Å². The fourth-order valence-electron chi connectivity index (χ4n) is 2.28. The first-order valence-corrected chi connectivity index (χ1v) is 7.40. The van der Waals surface area contributed by atoms with E-state index in [1.807, 2.05) is 24.4 Å². The Morgan fingerprint density at radius 1 is 1.65 bits per heavy atom. The molecule has 7 heteroatoms. The van der Waals surface area contributed by atoms with Gasteiger partial charge in [-0.15, -0.1) is 23.7 Å². The van der Waals surface area contributed by atoms with Crippen LogP contribution in [0.5, 0.6) is 0 Å². The standard InChI is InChI=1S/C13H19N3O2S.ClH/c1-2-4-9(14)13(18)16-7-6-15-12(17)11(16)10-5-3-8-19-10;/h3,5,8-9,11H,2,4,6-7,14H2,1H3,(H,15,17);1H. The highest BCUT2D eigenvalue weighted by atomic mass is 35.5. The zero-order valence-corrected chi connectivity index (χ0v) is 13.0. The quantitative estimate of drug-likeness (QED) is 0.879. The average molecular weight is 318 g/mol. The van der Waals surface area contributed by atoms with Gasteiger partial charge in [0.15, 0.2) is 0 Å². The fraction of sp³-hybridized carbons (Fsp3) is 0.538. The van der Waals surface area contributed by atoms with Crippen molar-refractivity contribution in [2.75, 3.05) is 13.1 Å². The Morgan fingerprint density at radius 3 is 3.00 bits per heavy atom. The summed E-state index contributed by atoms with van der Waals surface area (Å²) in [5, 5.41) is 4.72. The Morgan fingerprint density at radius 2 is 2.40 bits per heavy atom. The van der Waals surface area contributed by atoms with Crippen LogP contribution >= 0.6 is 23.7 Å². The third kappa shape index (κ3) is 3.50. The maximum absolute atomic E-state index is 12.4. The molecule has 112 valence electrons. The van der Waals surface area contributed by atoms with E-state index < -0.39 is 12.1 Å². The molecular formula is C13H20ClN3O2S. The van der Waals surface area contributed by atoms with Crippen LogP contribution < -0.4 is 11.1 Å². The molecule has 1 fully saturated rings. The van der Waals surface area contributed by atoms with Crippen LogP contribution in [0.1, 0.15) is 30.7 Å². The van der Waals surface area contributed by atoms with E-state index in [4.69, 9.17) is 5.73 Å². The smallest absolute Gasteiger partial charge is 0.248 e. The SMILES string of the molecule is CCCC(N)C(=O)N1CCNC(=O)C1c1cccs1.Cl. The number of nitrogens with zero attached hydrogens (tertiary/aromatic N) is 1. The van der Waals surface area contributed by atoms with Gasteiger partial charge in [-0.25, -0.2) is 0 Å². The van der Waals surface area contributed by atoms with Gasteiger partial charge in [0.2, 0.25) is 11.8 Å². The molecule has 1 aliphatic rings. The summed E-state index contributed by atoms with van der Waals surface area (Å²) in [7, 11) is 0. The number of hydrogen-bond acceptors (Lipinski definition) is 4. The van der Waals surface area contributed by atoms with Crippen molar-refractivity contribution in [1.82, 2.24) is 10.2 Å². The molecule has 2 amide bonds. The Labute approximate surface area is 128 Å². The van der Waals surface area contributed by atoms with Crippen LogP contribution in [-0.2, 0) is 9.59 Å². The van der Waals surface area contributed by atoms with E-state index in [-0.39, 0.29) is 24.2 Å². The third-order valence-corrected chi connectivity index (χ3v) is 4.15. The van der Waals surface area contributed by atoms with Crippen LogP contribution in [0.3, 0.4) is 0 Å². The normalized spacial score (nSPS) is 20.0. The first kappa shape index (κ1) is 16.9. The molecular weight excluding hydrogens is 298 g/mol. The molecule has 1 saturated heterocycles. The van der Waals surface area contributed by atoms with Crippen molar-refractivity contribution in [2.45, 2.75) is 31.8 Å². The van der Waals surface area contributed by atoms with Crippen LogP contribution in [0.25, 0.3) is 0 Å². The molecule has 1 aliphatic heterocycles. The van der Waals surface area contributed by atoms with E-state index in [0.29, 0.717) is 19.5 Å². The summed E-state index contributed by atoms with van der Waals surface area (Å²) in [5.41, 5.74) is 5.90. The van der Waals surface area contributed by atoms with Gasteiger partial charge in [-0.05, 0) is 17.9 Å². The molecule has 0 saturated carbocycles. The first-order chi connectivity index (χ1) is 9.15. The fourth-order valence-corrected chi connectivity index (χ4v) is 3.12. The number of hydrogen-bond donors (Lipinski definition) is 2. The molecule has 1 aromatic rings. The lowest BCUT2D eigenvalue weighted by Gasteiger charge is -2.36.